The van der Waals surface area contributed by atoms with Crippen molar-refractivity contribution in [2.45, 2.75) is 60.8 Å². The molecule has 9 heteroatoms. The Bertz CT molecular complexity index is 1050. The molecule has 0 aliphatic rings. The Hall–Kier alpha value is -2.65. The van der Waals surface area contributed by atoms with E-state index in [0.29, 0.717) is 0 Å². The number of Topliss-reactive ketones (excluding diaryl/α,β-unsaturated/α-hetero) is 6. The first-order chi connectivity index (χ1) is 16.3. The summed E-state index contributed by atoms with van der Waals surface area (Å²) in [5.41, 5.74) is 1.95. The van der Waals surface area contributed by atoms with Gasteiger partial charge in [-0.25, -0.2) is 0 Å². The Morgan fingerprint density at radius 1 is 0.500 bits per heavy atom. The minimum absolute atomic E-state index is 0. The molecule has 36 heavy (non-hydrogen) atoms. The van der Waals surface area contributed by atoms with Crippen molar-refractivity contribution < 1.29 is 67.4 Å². The van der Waals surface area contributed by atoms with Crippen LogP contribution in [0.3, 0.4) is 0 Å². The summed E-state index contributed by atoms with van der Waals surface area (Å²) in [6, 6.07) is 12.1. The van der Waals surface area contributed by atoms with Crippen LogP contribution in [-0.2, 0) is 28.8 Å². The van der Waals surface area contributed by atoms with Gasteiger partial charge in [-0.3, -0.25) is 38.7 Å². The van der Waals surface area contributed by atoms with Gasteiger partial charge in [0.25, 0.3) is 0 Å². The number of ketones is 6. The van der Waals surface area contributed by atoms with E-state index in [1.807, 2.05) is 12.1 Å². The normalized spacial score (nSPS) is 9.06. The van der Waals surface area contributed by atoms with Gasteiger partial charge in [0.05, 0.1) is 30.3 Å². The van der Waals surface area contributed by atoms with Crippen molar-refractivity contribution in [2.24, 2.45) is 0 Å². The topological polar surface area (TPSA) is 128 Å². The predicted molar refractivity (Wildman–Crippen MR) is 135 cm³/mol. The standard InChI is InChI=1S/C12H8N2.3C5H8O2.Tb/c1-3-9-5-6-10-4-2-8-14-12(10)11(9)13-7-1;3*1-4(6)3-5(2)7;/h1-8H;3*3H2,1-2H3;/q;;;;+3. The van der Waals surface area contributed by atoms with Gasteiger partial charge in [0.1, 0.15) is 34.7 Å². The first-order valence-electron chi connectivity index (χ1n) is 10.9. The molecule has 8 nitrogen and oxygen atoms in total. The van der Waals surface area contributed by atoms with E-state index in [4.69, 9.17) is 0 Å². The van der Waals surface area contributed by atoms with Crippen LogP contribution in [0.1, 0.15) is 60.8 Å². The number of hydrogen-bond acceptors (Lipinski definition) is 8. The molecule has 0 saturated carbocycles. The zero-order valence-electron chi connectivity index (χ0n) is 21.4. The van der Waals surface area contributed by atoms with Gasteiger partial charge < -0.3 is 0 Å². The zero-order valence-corrected chi connectivity index (χ0v) is 23.6. The maximum atomic E-state index is 10.0. The van der Waals surface area contributed by atoms with Crippen LogP contribution in [0.25, 0.3) is 21.8 Å². The van der Waals surface area contributed by atoms with E-state index in [9.17, 15) is 28.8 Å². The van der Waals surface area contributed by atoms with E-state index >= 15 is 0 Å². The zero-order chi connectivity index (χ0) is 27.0. The first kappa shape index (κ1) is 35.5. The van der Waals surface area contributed by atoms with Gasteiger partial charge in [0.15, 0.2) is 0 Å². The van der Waals surface area contributed by atoms with Crippen molar-refractivity contribution in [1.29, 1.82) is 0 Å². The minimum atomic E-state index is -0.0625. The summed E-state index contributed by atoms with van der Waals surface area (Å²) < 4.78 is 0. The SMILES string of the molecule is CC(=O)CC(C)=O.CC(=O)CC(C)=O.CC(=O)CC(C)=O.[Tb+3].c1cnc2c(c1)ccc1cccnc12. The molecule has 0 amide bonds. The molecule has 0 bridgehead atoms. The summed E-state index contributed by atoms with van der Waals surface area (Å²) in [5.74, 6) is -0.375. The van der Waals surface area contributed by atoms with E-state index in [1.165, 1.54) is 41.5 Å². The Morgan fingerprint density at radius 3 is 0.944 bits per heavy atom. The molecule has 2 heterocycles. The molecule has 1 aromatic carbocycles. The Labute approximate surface area is 242 Å². The fourth-order valence-corrected chi connectivity index (χ4v) is 2.73. The number of pyridine rings is 2. The van der Waals surface area contributed by atoms with Gasteiger partial charge in [-0.05, 0) is 53.7 Å². The van der Waals surface area contributed by atoms with Crippen molar-refractivity contribution in [1.82, 2.24) is 9.97 Å². The molecule has 0 aliphatic carbocycles. The number of fused-ring (bicyclic) bond motifs is 3. The quantitative estimate of drug-likeness (QED) is 0.286. The molecule has 0 radical (unpaired) electrons. The molecule has 0 fully saturated rings. The van der Waals surface area contributed by atoms with Gasteiger partial charge in [0, 0.05) is 23.2 Å². The number of nitrogens with zero attached hydrogens (tertiary/aromatic N) is 2. The van der Waals surface area contributed by atoms with Crippen LogP contribution in [0.4, 0.5) is 0 Å². The van der Waals surface area contributed by atoms with Crippen molar-refractivity contribution >= 4 is 56.5 Å². The largest absolute Gasteiger partial charge is 3.00 e. The van der Waals surface area contributed by atoms with Crippen molar-refractivity contribution in [3.05, 3.63) is 48.8 Å². The Kier molecular flexibility index (Phi) is 19.3. The van der Waals surface area contributed by atoms with E-state index in [2.05, 4.69) is 34.2 Å². The third-order valence-electron chi connectivity index (χ3n) is 3.84. The van der Waals surface area contributed by atoms with E-state index in [0.717, 1.165) is 21.8 Å². The van der Waals surface area contributed by atoms with Crippen molar-refractivity contribution in [3.63, 3.8) is 0 Å². The molecule has 0 atom stereocenters. The third kappa shape index (κ3) is 17.7. The maximum Gasteiger partial charge on any atom is 3.00 e. The van der Waals surface area contributed by atoms with Crippen molar-refractivity contribution in [2.75, 3.05) is 0 Å². The van der Waals surface area contributed by atoms with Gasteiger partial charge in [-0.15, -0.1) is 0 Å². The number of carbonyl (C=O) groups excluding carboxylic acids is 6. The molecule has 0 unspecified atom stereocenters. The van der Waals surface area contributed by atoms with E-state index < -0.39 is 0 Å². The summed E-state index contributed by atoms with van der Waals surface area (Å²) in [5, 5.41) is 2.28. The van der Waals surface area contributed by atoms with Crippen LogP contribution < -0.4 is 0 Å². The molecule has 3 aromatic rings. The monoisotopic (exact) mass is 639 g/mol. The maximum absolute atomic E-state index is 10.0. The molecular formula is C27H32N2O6Tb+3. The van der Waals surface area contributed by atoms with Gasteiger partial charge >= 0.3 is 38.6 Å². The van der Waals surface area contributed by atoms with Crippen LogP contribution in [-0.4, -0.2) is 44.7 Å². The second kappa shape index (κ2) is 19.5. The minimum Gasteiger partial charge on any atom is -0.300 e. The van der Waals surface area contributed by atoms with Gasteiger partial charge in [0.2, 0.25) is 0 Å². The number of benzene rings is 1. The predicted octanol–water partition coefficient (Wildman–Crippen LogP) is 4.45. The Balaban J connectivity index is 0. The summed E-state index contributed by atoms with van der Waals surface area (Å²) >= 11 is 0. The summed E-state index contributed by atoms with van der Waals surface area (Å²) in [4.78, 5) is 68.9. The Morgan fingerprint density at radius 2 is 0.750 bits per heavy atom. The molecule has 2 aromatic heterocycles. The average Bonchev–Trinajstić information content (AvgIpc) is 2.72. The third-order valence-corrected chi connectivity index (χ3v) is 3.84. The van der Waals surface area contributed by atoms with Crippen LogP contribution in [0.15, 0.2) is 48.8 Å². The molecule has 0 N–H and O–H groups in total. The van der Waals surface area contributed by atoms with Crippen LogP contribution in [0.2, 0.25) is 0 Å². The molecule has 3 rings (SSSR count). The molecule has 0 aliphatic heterocycles. The van der Waals surface area contributed by atoms with Gasteiger partial charge in [-0.1, -0.05) is 24.3 Å². The van der Waals surface area contributed by atoms with Crippen LogP contribution in [0.5, 0.6) is 0 Å². The summed E-state index contributed by atoms with van der Waals surface area (Å²) in [6.07, 6.45) is 3.85. The van der Waals surface area contributed by atoms with Crippen LogP contribution >= 0.6 is 0 Å². The van der Waals surface area contributed by atoms with Crippen molar-refractivity contribution in [3.8, 4) is 0 Å². The fraction of sp³-hybridized carbons (Fsp3) is 0.333. The van der Waals surface area contributed by atoms with E-state index in [-0.39, 0.29) is 92.6 Å². The van der Waals surface area contributed by atoms with Gasteiger partial charge in [-0.2, -0.15) is 0 Å². The number of aromatic nitrogens is 2. The molecule has 0 spiro atoms. The first-order valence-corrected chi connectivity index (χ1v) is 10.9. The summed E-state index contributed by atoms with van der Waals surface area (Å²) in [6.45, 7) is 8.42. The molecule has 0 saturated heterocycles. The smallest absolute Gasteiger partial charge is 0.300 e. The summed E-state index contributed by atoms with van der Waals surface area (Å²) in [7, 11) is 0. The molecule has 192 valence electrons. The second-order valence-electron chi connectivity index (χ2n) is 7.96. The number of rotatable bonds is 6. The number of carbonyl (C=O) groups is 6. The molecular weight excluding hydrogens is 607 g/mol. The van der Waals surface area contributed by atoms with E-state index in [1.54, 1.807) is 12.4 Å². The average molecular weight is 639 g/mol. The van der Waals surface area contributed by atoms with Crippen LogP contribution in [0, 0.1) is 38.6 Å². The number of hydrogen-bond donors (Lipinski definition) is 0. The second-order valence-corrected chi connectivity index (χ2v) is 7.96. The fourth-order valence-electron chi connectivity index (χ4n) is 2.73.